The van der Waals surface area contributed by atoms with Crippen LogP contribution in [0.25, 0.3) is 5.57 Å². The number of benzene rings is 1. The van der Waals surface area contributed by atoms with Crippen molar-refractivity contribution in [3.8, 4) is 0 Å². The van der Waals surface area contributed by atoms with Gasteiger partial charge in [-0.3, -0.25) is 9.58 Å². The molecule has 9 heteroatoms. The second-order valence-electron chi connectivity index (χ2n) is 11.6. The molecule has 1 atom stereocenters. The van der Waals surface area contributed by atoms with Crippen LogP contribution in [0, 0.1) is 5.41 Å². The average molecular weight is 545 g/mol. The van der Waals surface area contributed by atoms with Gasteiger partial charge in [0.2, 0.25) is 0 Å². The van der Waals surface area contributed by atoms with Gasteiger partial charge in [-0.25, -0.2) is 9.59 Å². The van der Waals surface area contributed by atoms with E-state index in [-0.39, 0.29) is 24.0 Å². The maximum absolute atomic E-state index is 13.2. The van der Waals surface area contributed by atoms with E-state index >= 15 is 0 Å². The van der Waals surface area contributed by atoms with Crippen molar-refractivity contribution in [3.05, 3.63) is 58.5 Å². The number of halogens is 1. The smallest absolute Gasteiger partial charge is 0.333 e. The van der Waals surface area contributed by atoms with Crippen LogP contribution in [0.15, 0.2) is 36.8 Å². The molecule has 0 radical (unpaired) electrons. The molecule has 1 aromatic heterocycles. The molecule has 1 aliphatic rings. The Morgan fingerprint density at radius 3 is 2.53 bits per heavy atom. The number of ether oxygens (including phenoxy) is 2. The number of hydrogen-bond acceptors (Lipinski definition) is 5. The van der Waals surface area contributed by atoms with Crippen LogP contribution in [0.1, 0.15) is 71.6 Å². The fourth-order valence-electron chi connectivity index (χ4n) is 4.38. The minimum atomic E-state index is -1.00. The van der Waals surface area contributed by atoms with Crippen LogP contribution in [0.3, 0.4) is 0 Å². The van der Waals surface area contributed by atoms with E-state index in [1.807, 2.05) is 37.5 Å². The highest BCUT2D eigenvalue weighted by molar-refractivity contribution is 6.31. The molecule has 2 heterocycles. The van der Waals surface area contributed by atoms with E-state index in [9.17, 15) is 9.59 Å². The Bertz CT molecular complexity index is 1200. The van der Waals surface area contributed by atoms with Gasteiger partial charge in [0.1, 0.15) is 0 Å². The molecule has 1 aliphatic heterocycles. The van der Waals surface area contributed by atoms with Gasteiger partial charge in [-0.2, -0.15) is 5.10 Å². The number of methoxy groups -OCH3 is 1. The van der Waals surface area contributed by atoms with Crippen molar-refractivity contribution >= 4 is 29.2 Å². The molecule has 1 aromatic carbocycles. The average Bonchev–Trinajstić information content (AvgIpc) is 3.33. The van der Waals surface area contributed by atoms with Crippen molar-refractivity contribution in [1.29, 1.82) is 0 Å². The van der Waals surface area contributed by atoms with Crippen molar-refractivity contribution in [3.63, 3.8) is 0 Å². The summed E-state index contributed by atoms with van der Waals surface area (Å²) in [6, 6.07) is 5.77. The van der Waals surface area contributed by atoms with E-state index in [1.165, 1.54) is 0 Å². The Balaban J connectivity index is 2.06. The molecule has 8 nitrogen and oxygen atoms in total. The zero-order valence-corrected chi connectivity index (χ0v) is 24.6. The SMILES string of the molecule is CCOC(=O)C(C)(C)n1cc(C2=CN(CCOC)C(=O)N[C@@]2(C)c2ccc(CCC(C)(C)C)c(Cl)c2)cn1. The van der Waals surface area contributed by atoms with Crippen LogP contribution in [0.4, 0.5) is 4.79 Å². The third-order valence-corrected chi connectivity index (χ3v) is 7.35. The second kappa shape index (κ2) is 11.5. The highest BCUT2D eigenvalue weighted by atomic mass is 35.5. The fourth-order valence-corrected chi connectivity index (χ4v) is 4.66. The molecular formula is C29H41ClN4O4. The van der Waals surface area contributed by atoms with Crippen LogP contribution in [0.5, 0.6) is 0 Å². The minimum absolute atomic E-state index is 0.199. The predicted molar refractivity (Wildman–Crippen MR) is 150 cm³/mol. The first-order valence-electron chi connectivity index (χ1n) is 13.0. The van der Waals surface area contributed by atoms with Crippen LogP contribution < -0.4 is 5.32 Å². The van der Waals surface area contributed by atoms with E-state index in [4.69, 9.17) is 21.1 Å². The molecule has 2 amide bonds. The van der Waals surface area contributed by atoms with E-state index in [0.717, 1.165) is 35.1 Å². The standard InChI is InChI=1S/C29H41ClN4O4/c1-9-38-25(35)28(5,6)34-18-21(17-31-34)23-19-33(14-15-37-8)26(36)32-29(23,7)22-11-10-20(24(30)16-22)12-13-27(2,3)4/h10-11,16-19H,9,12-15H2,1-8H3,(H,32,36)/t29-/m0/s1. The quantitative estimate of drug-likeness (QED) is 0.385. The Morgan fingerprint density at radius 1 is 1.21 bits per heavy atom. The van der Waals surface area contributed by atoms with Crippen molar-refractivity contribution in [2.75, 3.05) is 26.9 Å². The number of rotatable bonds is 10. The summed E-state index contributed by atoms with van der Waals surface area (Å²) in [7, 11) is 1.60. The molecule has 0 saturated carbocycles. The molecule has 0 aliphatic carbocycles. The lowest BCUT2D eigenvalue weighted by molar-refractivity contribution is -0.152. The molecule has 0 fully saturated rings. The molecule has 3 rings (SSSR count). The Morgan fingerprint density at radius 2 is 1.92 bits per heavy atom. The number of aryl methyl sites for hydroxylation is 1. The van der Waals surface area contributed by atoms with Crippen LogP contribution in [-0.2, 0) is 31.8 Å². The molecule has 0 bridgehead atoms. The van der Waals surface area contributed by atoms with Gasteiger partial charge in [-0.1, -0.05) is 44.5 Å². The molecule has 0 unspecified atom stereocenters. The number of nitrogens with zero attached hydrogens (tertiary/aromatic N) is 3. The van der Waals surface area contributed by atoms with Crippen molar-refractivity contribution < 1.29 is 19.1 Å². The molecule has 38 heavy (non-hydrogen) atoms. The van der Waals surface area contributed by atoms with Gasteiger partial charge >= 0.3 is 12.0 Å². The van der Waals surface area contributed by atoms with Gasteiger partial charge < -0.3 is 14.8 Å². The number of carbonyl (C=O) groups is 2. The second-order valence-corrected chi connectivity index (χ2v) is 12.0. The first kappa shape index (κ1) is 29.7. The number of urea groups is 1. The van der Waals surface area contributed by atoms with E-state index < -0.39 is 11.1 Å². The Labute approximate surface area is 231 Å². The first-order valence-corrected chi connectivity index (χ1v) is 13.4. The summed E-state index contributed by atoms with van der Waals surface area (Å²) < 4.78 is 12.1. The fraction of sp³-hybridized carbons (Fsp3) is 0.552. The summed E-state index contributed by atoms with van der Waals surface area (Å²) in [5, 5.41) is 8.36. The number of hydrogen-bond donors (Lipinski definition) is 1. The third-order valence-electron chi connectivity index (χ3n) is 6.99. The molecular weight excluding hydrogens is 504 g/mol. The van der Waals surface area contributed by atoms with Gasteiger partial charge in [0.05, 0.1) is 31.5 Å². The lowest BCUT2D eigenvalue weighted by Crippen LogP contribution is -2.53. The first-order chi connectivity index (χ1) is 17.7. The zero-order valence-electron chi connectivity index (χ0n) is 23.9. The molecule has 1 N–H and O–H groups in total. The molecule has 0 saturated heterocycles. The number of esters is 1. The van der Waals surface area contributed by atoms with Crippen molar-refractivity contribution in [2.45, 2.75) is 72.4 Å². The van der Waals surface area contributed by atoms with Crippen LogP contribution in [-0.4, -0.2) is 53.5 Å². The highest BCUT2D eigenvalue weighted by Crippen LogP contribution is 2.41. The summed E-state index contributed by atoms with van der Waals surface area (Å²) in [5.41, 5.74) is 1.81. The van der Waals surface area contributed by atoms with Crippen molar-refractivity contribution in [1.82, 2.24) is 20.0 Å². The maximum Gasteiger partial charge on any atom is 0.333 e. The molecule has 208 valence electrons. The van der Waals surface area contributed by atoms with Gasteiger partial charge in [-0.05, 0) is 63.1 Å². The summed E-state index contributed by atoms with van der Waals surface area (Å²) in [6.45, 7) is 15.0. The van der Waals surface area contributed by atoms with Crippen LogP contribution in [0.2, 0.25) is 5.02 Å². The summed E-state index contributed by atoms with van der Waals surface area (Å²) in [6.07, 6.45) is 7.23. The molecule has 2 aromatic rings. The van der Waals surface area contributed by atoms with Gasteiger partial charge in [0.15, 0.2) is 5.54 Å². The number of carbonyl (C=O) groups excluding carboxylic acids is 2. The number of amides is 2. The summed E-state index contributed by atoms with van der Waals surface area (Å²) >= 11 is 6.77. The van der Waals surface area contributed by atoms with E-state index in [1.54, 1.807) is 43.7 Å². The lowest BCUT2D eigenvalue weighted by atomic mass is 9.80. The highest BCUT2D eigenvalue weighted by Gasteiger charge is 2.41. The monoisotopic (exact) mass is 544 g/mol. The van der Waals surface area contributed by atoms with Crippen LogP contribution >= 0.6 is 11.6 Å². The van der Waals surface area contributed by atoms with Crippen molar-refractivity contribution in [2.24, 2.45) is 5.41 Å². The zero-order chi connectivity index (χ0) is 28.3. The van der Waals surface area contributed by atoms with E-state index in [0.29, 0.717) is 18.2 Å². The summed E-state index contributed by atoms with van der Waals surface area (Å²) in [5.74, 6) is -0.373. The van der Waals surface area contributed by atoms with E-state index in [2.05, 4.69) is 31.2 Å². The topological polar surface area (TPSA) is 85.7 Å². The third kappa shape index (κ3) is 6.41. The largest absolute Gasteiger partial charge is 0.464 e. The lowest BCUT2D eigenvalue weighted by Gasteiger charge is -2.40. The predicted octanol–water partition coefficient (Wildman–Crippen LogP) is 5.74. The minimum Gasteiger partial charge on any atom is -0.464 e. The Hall–Kier alpha value is -2.84. The maximum atomic E-state index is 13.2. The number of nitrogens with one attached hydrogen (secondary N) is 1. The van der Waals surface area contributed by atoms with Gasteiger partial charge in [0, 0.05) is 35.7 Å². The summed E-state index contributed by atoms with van der Waals surface area (Å²) in [4.78, 5) is 27.4. The van der Waals surface area contributed by atoms with Gasteiger partial charge in [0.25, 0.3) is 0 Å². The van der Waals surface area contributed by atoms with Gasteiger partial charge in [-0.15, -0.1) is 0 Å². The molecule has 0 spiro atoms. The normalized spacial score (nSPS) is 18.3. The Kier molecular flexibility index (Phi) is 8.99. The number of aromatic nitrogens is 2.